The number of ether oxygens (including phenoxy) is 1. The van der Waals surface area contributed by atoms with E-state index >= 15 is 0 Å². The molecule has 0 unspecified atom stereocenters. The highest BCUT2D eigenvalue weighted by Gasteiger charge is 2.38. The van der Waals surface area contributed by atoms with Gasteiger partial charge in [-0.25, -0.2) is 13.2 Å². The smallest absolute Gasteiger partial charge is 0.409 e. The number of benzene rings is 1. The van der Waals surface area contributed by atoms with Crippen molar-refractivity contribution < 1.29 is 22.7 Å². The number of piperazine rings is 1. The Morgan fingerprint density at radius 2 is 1.86 bits per heavy atom. The maximum Gasteiger partial charge on any atom is 0.409 e. The third-order valence-corrected chi connectivity index (χ3v) is 7.41. The van der Waals surface area contributed by atoms with Gasteiger partial charge < -0.3 is 14.5 Å². The van der Waals surface area contributed by atoms with Gasteiger partial charge in [0.2, 0.25) is 15.9 Å². The number of carbonyl (C=O) groups excluding carboxylic acids is 2. The normalized spacial score (nSPS) is 20.2. The average Bonchev–Trinajstić information content (AvgIpc) is 2.96. The highest BCUT2D eigenvalue weighted by molar-refractivity contribution is 9.10. The van der Waals surface area contributed by atoms with Crippen molar-refractivity contribution in [3.8, 4) is 0 Å². The number of hydrogen-bond acceptors (Lipinski definition) is 5. The number of hydrogen-bond donors (Lipinski definition) is 0. The quantitative estimate of drug-likeness (QED) is 0.671. The summed E-state index contributed by atoms with van der Waals surface area (Å²) in [7, 11) is -3.83. The van der Waals surface area contributed by atoms with E-state index in [2.05, 4.69) is 15.9 Å². The summed E-state index contributed by atoms with van der Waals surface area (Å²) in [4.78, 5) is 27.2. The molecule has 8 nitrogen and oxygen atoms in total. The molecule has 0 spiro atoms. The van der Waals surface area contributed by atoms with E-state index in [0.717, 1.165) is 5.56 Å². The van der Waals surface area contributed by atoms with Gasteiger partial charge in [0.1, 0.15) is 4.90 Å². The van der Waals surface area contributed by atoms with E-state index in [0.29, 0.717) is 16.6 Å². The van der Waals surface area contributed by atoms with Crippen LogP contribution in [-0.2, 0) is 26.0 Å². The van der Waals surface area contributed by atoms with E-state index in [1.54, 1.807) is 17.9 Å². The Morgan fingerprint density at radius 3 is 2.43 bits per heavy atom. The molecule has 0 bridgehead atoms. The second-order valence-electron chi connectivity index (χ2n) is 6.94. The molecule has 1 fully saturated rings. The number of halogens is 1. The number of nitrogens with zero attached hydrogens (tertiary/aromatic N) is 3. The van der Waals surface area contributed by atoms with Crippen molar-refractivity contribution in [1.29, 1.82) is 0 Å². The van der Waals surface area contributed by atoms with Crippen molar-refractivity contribution in [3.05, 3.63) is 22.2 Å². The Hall–Kier alpha value is -1.65. The van der Waals surface area contributed by atoms with Crippen LogP contribution in [0.15, 0.2) is 21.5 Å². The van der Waals surface area contributed by atoms with Crippen LogP contribution in [0, 0.1) is 0 Å². The Kier molecular flexibility index (Phi) is 6.02. The van der Waals surface area contributed by atoms with E-state index < -0.39 is 16.1 Å². The van der Waals surface area contributed by atoms with Crippen molar-refractivity contribution >= 4 is 43.6 Å². The summed E-state index contributed by atoms with van der Waals surface area (Å²) in [6, 6.07) is 3.32. The summed E-state index contributed by atoms with van der Waals surface area (Å²) >= 11 is 3.40. The van der Waals surface area contributed by atoms with Gasteiger partial charge in [-0.2, -0.15) is 4.31 Å². The van der Waals surface area contributed by atoms with Gasteiger partial charge in [0.15, 0.2) is 0 Å². The Labute approximate surface area is 173 Å². The molecule has 154 valence electrons. The lowest BCUT2D eigenvalue weighted by Gasteiger charge is -2.34. The van der Waals surface area contributed by atoms with Gasteiger partial charge in [0.25, 0.3) is 0 Å². The van der Waals surface area contributed by atoms with Crippen LogP contribution < -0.4 is 4.90 Å². The molecular weight excluding hydrogens is 450 g/mol. The summed E-state index contributed by atoms with van der Waals surface area (Å²) in [5.74, 6) is -0.183. The Balaban J connectivity index is 1.92. The topological polar surface area (TPSA) is 87.2 Å². The fourth-order valence-corrected chi connectivity index (χ4v) is 6.15. The predicted molar refractivity (Wildman–Crippen MR) is 108 cm³/mol. The van der Waals surface area contributed by atoms with Gasteiger partial charge in [-0.1, -0.05) is 15.9 Å². The van der Waals surface area contributed by atoms with Gasteiger partial charge in [-0.3, -0.25) is 4.79 Å². The summed E-state index contributed by atoms with van der Waals surface area (Å²) in [6.07, 6.45) is 0.174. The minimum atomic E-state index is -3.83. The molecule has 2 amide bonds. The van der Waals surface area contributed by atoms with E-state index in [1.807, 2.05) is 13.0 Å². The van der Waals surface area contributed by atoms with E-state index in [1.165, 1.54) is 16.1 Å². The molecule has 0 saturated carbocycles. The van der Waals surface area contributed by atoms with Crippen LogP contribution in [0.1, 0.15) is 26.3 Å². The molecule has 1 atom stereocenters. The van der Waals surface area contributed by atoms with Crippen LogP contribution in [0.4, 0.5) is 10.5 Å². The summed E-state index contributed by atoms with van der Waals surface area (Å²) in [6.45, 7) is 6.25. The molecule has 10 heteroatoms. The van der Waals surface area contributed by atoms with E-state index in [-0.39, 0.29) is 49.6 Å². The molecule has 0 aliphatic carbocycles. The average molecular weight is 474 g/mol. The number of rotatable bonds is 3. The van der Waals surface area contributed by atoms with Crippen LogP contribution in [0.3, 0.4) is 0 Å². The van der Waals surface area contributed by atoms with Crippen LogP contribution in [0.2, 0.25) is 0 Å². The highest BCUT2D eigenvalue weighted by atomic mass is 79.9. The second kappa shape index (κ2) is 8.00. The SMILES string of the molecule is CCOC(=O)N1CCN(S(=O)(=O)c2cc(Br)cc3c2N(C(C)=O)[C@@H](C)C3)CC1. The number of anilines is 1. The number of carbonyl (C=O) groups is 2. The minimum absolute atomic E-state index is 0.101. The first-order chi connectivity index (χ1) is 13.2. The zero-order valence-electron chi connectivity index (χ0n) is 16.1. The maximum absolute atomic E-state index is 13.4. The molecule has 0 aromatic heterocycles. The number of sulfonamides is 1. The minimum Gasteiger partial charge on any atom is -0.450 e. The first-order valence-corrected chi connectivity index (χ1v) is 11.4. The van der Waals surface area contributed by atoms with Crippen molar-refractivity contribution in [2.75, 3.05) is 37.7 Å². The molecule has 2 aliphatic rings. The van der Waals surface area contributed by atoms with Crippen LogP contribution in [-0.4, -0.2) is 68.5 Å². The first kappa shape index (κ1) is 21.1. The molecular formula is C18H24BrN3O5S. The summed E-state index contributed by atoms with van der Waals surface area (Å²) < 4.78 is 33.8. The standard InChI is InChI=1S/C18H24BrN3O5S/c1-4-27-18(24)20-5-7-21(8-6-20)28(25,26)16-11-15(19)10-14-9-12(2)22(13(3)23)17(14)16/h10-12H,4-9H2,1-3H3/t12-/m0/s1. The molecule has 1 aromatic rings. The zero-order chi connectivity index (χ0) is 20.6. The lowest BCUT2D eigenvalue weighted by molar-refractivity contribution is -0.116. The fraction of sp³-hybridized carbons (Fsp3) is 0.556. The van der Waals surface area contributed by atoms with Gasteiger partial charge in [0.05, 0.1) is 12.3 Å². The summed E-state index contributed by atoms with van der Waals surface area (Å²) in [5, 5.41) is 0. The molecule has 2 aliphatic heterocycles. The van der Waals surface area contributed by atoms with Crippen molar-refractivity contribution in [3.63, 3.8) is 0 Å². The zero-order valence-corrected chi connectivity index (χ0v) is 18.5. The molecule has 1 aromatic carbocycles. The van der Waals surface area contributed by atoms with Crippen LogP contribution in [0.5, 0.6) is 0 Å². The Bertz CT molecular complexity index is 897. The van der Waals surface area contributed by atoms with Crippen LogP contribution >= 0.6 is 15.9 Å². The highest BCUT2D eigenvalue weighted by Crippen LogP contribution is 2.41. The second-order valence-corrected chi connectivity index (χ2v) is 9.77. The van der Waals surface area contributed by atoms with Crippen molar-refractivity contribution in [2.45, 2.75) is 38.1 Å². The molecule has 2 heterocycles. The molecule has 1 saturated heterocycles. The monoisotopic (exact) mass is 473 g/mol. The maximum atomic E-state index is 13.4. The molecule has 0 N–H and O–H groups in total. The summed E-state index contributed by atoms with van der Waals surface area (Å²) in [5.41, 5.74) is 1.30. The molecule has 28 heavy (non-hydrogen) atoms. The lowest BCUT2D eigenvalue weighted by Crippen LogP contribution is -2.50. The van der Waals surface area contributed by atoms with Crippen LogP contribution in [0.25, 0.3) is 0 Å². The molecule has 3 rings (SSSR count). The fourth-order valence-electron chi connectivity index (χ4n) is 3.82. The van der Waals surface area contributed by atoms with Gasteiger partial charge in [-0.15, -0.1) is 0 Å². The third kappa shape index (κ3) is 3.77. The van der Waals surface area contributed by atoms with Gasteiger partial charge in [0, 0.05) is 43.6 Å². The van der Waals surface area contributed by atoms with E-state index in [4.69, 9.17) is 4.74 Å². The van der Waals surface area contributed by atoms with Crippen molar-refractivity contribution in [1.82, 2.24) is 9.21 Å². The third-order valence-electron chi connectivity index (χ3n) is 5.04. The number of amides is 2. The lowest BCUT2D eigenvalue weighted by atomic mass is 10.1. The first-order valence-electron chi connectivity index (χ1n) is 9.20. The predicted octanol–water partition coefficient (Wildman–Crippen LogP) is 2.21. The Morgan fingerprint density at radius 1 is 1.21 bits per heavy atom. The van der Waals surface area contributed by atoms with E-state index in [9.17, 15) is 18.0 Å². The van der Waals surface area contributed by atoms with Crippen molar-refractivity contribution in [2.24, 2.45) is 0 Å². The van der Waals surface area contributed by atoms with Gasteiger partial charge >= 0.3 is 6.09 Å². The number of fused-ring (bicyclic) bond motifs is 1. The van der Waals surface area contributed by atoms with Gasteiger partial charge in [-0.05, 0) is 38.0 Å². The largest absolute Gasteiger partial charge is 0.450 e. The molecule has 0 radical (unpaired) electrons.